The Morgan fingerprint density at radius 1 is 1.19 bits per heavy atom. The third-order valence-corrected chi connectivity index (χ3v) is 2.79. The fourth-order valence-electron chi connectivity index (χ4n) is 2.04. The van der Waals surface area contributed by atoms with Crippen LogP contribution in [0.25, 0.3) is 0 Å². The molecule has 0 saturated carbocycles. The molecule has 1 unspecified atom stereocenters. The maximum atomic E-state index is 5.85. The van der Waals surface area contributed by atoms with Gasteiger partial charge in [0, 0.05) is 6.04 Å². The molecule has 2 N–H and O–H groups in total. The first kappa shape index (κ1) is 11.3. The highest BCUT2D eigenvalue weighted by Gasteiger charge is 2.15. The minimum atomic E-state index is 0.174. The summed E-state index contributed by atoms with van der Waals surface area (Å²) < 4.78 is 11.1. The monoisotopic (exact) mass is 221 g/mol. The second kappa shape index (κ2) is 4.74. The summed E-state index contributed by atoms with van der Waals surface area (Å²) in [5.41, 5.74) is 8.44. The summed E-state index contributed by atoms with van der Waals surface area (Å²) in [4.78, 5) is 0. The van der Waals surface area contributed by atoms with Gasteiger partial charge in [-0.15, -0.1) is 0 Å². The van der Waals surface area contributed by atoms with Gasteiger partial charge in [-0.25, -0.2) is 0 Å². The highest BCUT2D eigenvalue weighted by Crippen LogP contribution is 2.33. The first-order valence-electron chi connectivity index (χ1n) is 5.87. The van der Waals surface area contributed by atoms with Crippen LogP contribution in [0, 0.1) is 0 Å². The van der Waals surface area contributed by atoms with Crippen LogP contribution in [0.5, 0.6) is 11.5 Å². The SMILES string of the molecule is CCc1cc2c(cc1CC(C)N)OCCO2. The molecule has 3 heteroatoms. The fourth-order valence-corrected chi connectivity index (χ4v) is 2.04. The summed E-state index contributed by atoms with van der Waals surface area (Å²) in [6, 6.07) is 4.34. The van der Waals surface area contributed by atoms with Gasteiger partial charge in [0.25, 0.3) is 0 Å². The van der Waals surface area contributed by atoms with Gasteiger partial charge in [-0.1, -0.05) is 6.92 Å². The van der Waals surface area contributed by atoms with Crippen molar-refractivity contribution >= 4 is 0 Å². The third kappa shape index (κ3) is 2.30. The molecule has 88 valence electrons. The molecule has 0 radical (unpaired) electrons. The highest BCUT2D eigenvalue weighted by atomic mass is 16.6. The summed E-state index contributed by atoms with van der Waals surface area (Å²) >= 11 is 0. The topological polar surface area (TPSA) is 44.5 Å². The van der Waals surface area contributed by atoms with Crippen molar-refractivity contribution in [3.05, 3.63) is 23.3 Å². The van der Waals surface area contributed by atoms with E-state index in [0.29, 0.717) is 13.2 Å². The van der Waals surface area contributed by atoms with Crippen LogP contribution in [0.15, 0.2) is 12.1 Å². The van der Waals surface area contributed by atoms with E-state index in [-0.39, 0.29) is 6.04 Å². The zero-order valence-corrected chi connectivity index (χ0v) is 9.95. The zero-order valence-electron chi connectivity index (χ0n) is 9.95. The van der Waals surface area contributed by atoms with Crippen LogP contribution >= 0.6 is 0 Å². The van der Waals surface area contributed by atoms with E-state index in [4.69, 9.17) is 15.2 Å². The summed E-state index contributed by atoms with van der Waals surface area (Å²) in [7, 11) is 0. The van der Waals surface area contributed by atoms with Crippen molar-refractivity contribution in [1.29, 1.82) is 0 Å². The van der Waals surface area contributed by atoms with Gasteiger partial charge in [-0.05, 0) is 43.0 Å². The van der Waals surface area contributed by atoms with Gasteiger partial charge in [0.15, 0.2) is 11.5 Å². The predicted molar refractivity (Wildman–Crippen MR) is 64.2 cm³/mol. The van der Waals surface area contributed by atoms with Crippen LogP contribution in [0.2, 0.25) is 0 Å². The Hall–Kier alpha value is -1.22. The number of hydrogen-bond acceptors (Lipinski definition) is 3. The van der Waals surface area contributed by atoms with Crippen LogP contribution in [0.4, 0.5) is 0 Å². The molecule has 2 rings (SSSR count). The lowest BCUT2D eigenvalue weighted by molar-refractivity contribution is 0.171. The molecule has 1 aromatic carbocycles. The van der Waals surface area contributed by atoms with Crippen LogP contribution in [-0.4, -0.2) is 19.3 Å². The third-order valence-electron chi connectivity index (χ3n) is 2.79. The molecule has 1 heterocycles. The first-order valence-corrected chi connectivity index (χ1v) is 5.87. The van der Waals surface area contributed by atoms with Crippen molar-refractivity contribution in [2.75, 3.05) is 13.2 Å². The first-order chi connectivity index (χ1) is 7.70. The van der Waals surface area contributed by atoms with Gasteiger partial charge in [0.2, 0.25) is 0 Å². The number of hydrogen-bond donors (Lipinski definition) is 1. The molecular weight excluding hydrogens is 202 g/mol. The molecule has 0 saturated heterocycles. The van der Waals surface area contributed by atoms with Gasteiger partial charge < -0.3 is 15.2 Å². The average Bonchev–Trinajstić information content (AvgIpc) is 2.27. The lowest BCUT2D eigenvalue weighted by atomic mass is 9.98. The average molecular weight is 221 g/mol. The van der Waals surface area contributed by atoms with E-state index in [0.717, 1.165) is 24.3 Å². The van der Waals surface area contributed by atoms with E-state index >= 15 is 0 Å². The van der Waals surface area contributed by atoms with E-state index in [1.54, 1.807) is 0 Å². The van der Waals surface area contributed by atoms with Gasteiger partial charge in [-0.2, -0.15) is 0 Å². The number of nitrogens with two attached hydrogens (primary N) is 1. The Bertz CT molecular complexity index is 374. The molecule has 1 atom stereocenters. The van der Waals surface area contributed by atoms with Crippen LogP contribution in [0.1, 0.15) is 25.0 Å². The molecule has 0 aromatic heterocycles. The van der Waals surface area contributed by atoms with Crippen molar-refractivity contribution in [1.82, 2.24) is 0 Å². The summed E-state index contributed by atoms with van der Waals surface area (Å²) in [5.74, 6) is 1.73. The maximum absolute atomic E-state index is 5.85. The largest absolute Gasteiger partial charge is 0.486 e. The number of ether oxygens (including phenoxy) is 2. The van der Waals surface area contributed by atoms with E-state index in [9.17, 15) is 0 Å². The quantitative estimate of drug-likeness (QED) is 0.848. The van der Waals surface area contributed by atoms with Crippen LogP contribution in [0.3, 0.4) is 0 Å². The van der Waals surface area contributed by atoms with E-state index in [1.165, 1.54) is 11.1 Å². The summed E-state index contributed by atoms with van der Waals surface area (Å²) in [6.45, 7) is 5.45. The van der Waals surface area contributed by atoms with Gasteiger partial charge in [-0.3, -0.25) is 0 Å². The molecule has 16 heavy (non-hydrogen) atoms. The number of benzene rings is 1. The van der Waals surface area contributed by atoms with E-state index in [2.05, 4.69) is 19.1 Å². The van der Waals surface area contributed by atoms with Gasteiger partial charge in [0.05, 0.1) is 0 Å². The molecule has 1 aliphatic rings. The maximum Gasteiger partial charge on any atom is 0.161 e. The lowest BCUT2D eigenvalue weighted by Crippen LogP contribution is -2.20. The lowest BCUT2D eigenvalue weighted by Gasteiger charge is -2.21. The second-order valence-electron chi connectivity index (χ2n) is 4.30. The molecule has 0 spiro atoms. The fraction of sp³-hybridized carbons (Fsp3) is 0.538. The standard InChI is InChI=1S/C13H19NO2/c1-3-10-7-12-13(16-5-4-15-12)8-11(10)6-9(2)14/h7-9H,3-6,14H2,1-2H3. The summed E-state index contributed by atoms with van der Waals surface area (Å²) in [6.07, 6.45) is 1.89. The Morgan fingerprint density at radius 2 is 1.75 bits per heavy atom. The van der Waals surface area contributed by atoms with Gasteiger partial charge in [0.1, 0.15) is 13.2 Å². The van der Waals surface area contributed by atoms with E-state index in [1.807, 2.05) is 6.92 Å². The molecule has 0 amide bonds. The number of rotatable bonds is 3. The molecule has 0 bridgehead atoms. The second-order valence-corrected chi connectivity index (χ2v) is 4.30. The van der Waals surface area contributed by atoms with Crippen molar-refractivity contribution in [3.8, 4) is 11.5 Å². The van der Waals surface area contributed by atoms with Crippen molar-refractivity contribution in [2.24, 2.45) is 5.73 Å². The molecule has 3 nitrogen and oxygen atoms in total. The Balaban J connectivity index is 2.35. The van der Waals surface area contributed by atoms with Crippen LogP contribution < -0.4 is 15.2 Å². The predicted octanol–water partition coefficient (Wildman–Crippen LogP) is 1.91. The van der Waals surface area contributed by atoms with E-state index < -0.39 is 0 Å². The molecule has 1 aromatic rings. The minimum Gasteiger partial charge on any atom is -0.486 e. The van der Waals surface area contributed by atoms with Crippen molar-refractivity contribution in [3.63, 3.8) is 0 Å². The normalized spacial score (nSPS) is 15.9. The number of aryl methyl sites for hydroxylation is 1. The Labute approximate surface area is 96.5 Å². The molecular formula is C13H19NO2. The minimum absolute atomic E-state index is 0.174. The van der Waals surface area contributed by atoms with Crippen molar-refractivity contribution in [2.45, 2.75) is 32.7 Å². The summed E-state index contributed by atoms with van der Waals surface area (Å²) in [5, 5.41) is 0. The number of fused-ring (bicyclic) bond motifs is 1. The Kier molecular flexibility index (Phi) is 3.34. The van der Waals surface area contributed by atoms with Crippen LogP contribution in [-0.2, 0) is 12.8 Å². The molecule has 0 fully saturated rings. The Morgan fingerprint density at radius 3 is 2.25 bits per heavy atom. The zero-order chi connectivity index (χ0) is 11.5. The smallest absolute Gasteiger partial charge is 0.161 e. The van der Waals surface area contributed by atoms with Crippen molar-refractivity contribution < 1.29 is 9.47 Å². The molecule has 0 aliphatic carbocycles. The van der Waals surface area contributed by atoms with Gasteiger partial charge >= 0.3 is 0 Å². The highest BCUT2D eigenvalue weighted by molar-refractivity contribution is 5.48. The molecule has 1 aliphatic heterocycles.